The summed E-state index contributed by atoms with van der Waals surface area (Å²) in [7, 11) is 0.366. The normalized spacial score (nSPS) is 15.2. The summed E-state index contributed by atoms with van der Waals surface area (Å²) in [6, 6.07) is 3.41. The molecular formula is C18H25N5O4S. The number of sulfonamides is 1. The number of nitrogens with one attached hydrogen (secondary N) is 1. The molecule has 0 atom stereocenters. The molecule has 152 valence electrons. The number of furan rings is 1. The fourth-order valence-corrected chi connectivity index (χ4v) is 4.79. The molecule has 1 fully saturated rings. The predicted octanol–water partition coefficient (Wildman–Crippen LogP) is 2.26. The van der Waals surface area contributed by atoms with Gasteiger partial charge in [-0.15, -0.1) is 0 Å². The van der Waals surface area contributed by atoms with E-state index in [4.69, 9.17) is 8.83 Å². The molecule has 0 aliphatic carbocycles. The van der Waals surface area contributed by atoms with Crippen LogP contribution in [0.4, 0.5) is 5.88 Å². The highest BCUT2D eigenvalue weighted by Crippen LogP contribution is 2.32. The Morgan fingerprint density at radius 3 is 2.68 bits per heavy atom. The number of rotatable bonds is 8. The first-order valence-electron chi connectivity index (χ1n) is 9.23. The maximum Gasteiger partial charge on any atom is 0.266 e. The Morgan fingerprint density at radius 1 is 1.32 bits per heavy atom. The fourth-order valence-electron chi connectivity index (χ4n) is 3.11. The molecule has 0 unspecified atom stereocenters. The van der Waals surface area contributed by atoms with Crippen LogP contribution in [0.25, 0.3) is 11.7 Å². The standard InChI is InChI=1S/C18H25N5O4S/c1-13-16(28(24,25)23-9-4-5-10-23)11-15(26-13)18-21-14(12-19)17(27-18)20-7-6-8-22(2)3/h11,20H,4-10H2,1-3H3. The largest absolute Gasteiger partial charge is 0.455 e. The zero-order chi connectivity index (χ0) is 20.3. The molecule has 9 nitrogen and oxygen atoms in total. The number of hydrogen-bond donors (Lipinski definition) is 1. The Morgan fingerprint density at radius 2 is 2.04 bits per heavy atom. The van der Waals surface area contributed by atoms with Crippen molar-refractivity contribution in [1.29, 1.82) is 5.26 Å². The third kappa shape index (κ3) is 4.22. The minimum Gasteiger partial charge on any atom is -0.455 e. The zero-order valence-electron chi connectivity index (χ0n) is 16.4. The molecule has 1 saturated heterocycles. The van der Waals surface area contributed by atoms with Gasteiger partial charge in [0.15, 0.2) is 5.76 Å². The molecule has 0 aromatic carbocycles. The van der Waals surface area contributed by atoms with Crippen molar-refractivity contribution < 1.29 is 17.3 Å². The van der Waals surface area contributed by atoms with Crippen LogP contribution in [0.1, 0.15) is 30.7 Å². The Hall–Kier alpha value is -2.35. The topological polar surface area (TPSA) is 116 Å². The lowest BCUT2D eigenvalue weighted by molar-refractivity contribution is 0.404. The van der Waals surface area contributed by atoms with E-state index < -0.39 is 10.0 Å². The summed E-state index contributed by atoms with van der Waals surface area (Å²) in [5.74, 6) is 0.805. The van der Waals surface area contributed by atoms with E-state index in [1.165, 1.54) is 10.4 Å². The molecule has 3 heterocycles. The van der Waals surface area contributed by atoms with Crippen LogP contribution in [-0.4, -0.2) is 62.9 Å². The van der Waals surface area contributed by atoms with Crippen molar-refractivity contribution in [1.82, 2.24) is 14.2 Å². The Bertz CT molecular complexity index is 965. The second kappa shape index (κ2) is 8.34. The van der Waals surface area contributed by atoms with Crippen LogP contribution in [-0.2, 0) is 10.0 Å². The van der Waals surface area contributed by atoms with E-state index in [0.29, 0.717) is 19.6 Å². The summed E-state index contributed by atoms with van der Waals surface area (Å²) in [4.78, 5) is 6.32. The molecule has 28 heavy (non-hydrogen) atoms. The van der Waals surface area contributed by atoms with E-state index in [0.717, 1.165) is 25.8 Å². The Labute approximate surface area is 165 Å². The molecule has 0 bridgehead atoms. The smallest absolute Gasteiger partial charge is 0.266 e. The second-order valence-electron chi connectivity index (χ2n) is 7.03. The van der Waals surface area contributed by atoms with E-state index in [1.807, 2.05) is 20.2 Å². The summed E-state index contributed by atoms with van der Waals surface area (Å²) >= 11 is 0. The van der Waals surface area contributed by atoms with Gasteiger partial charge in [-0.1, -0.05) is 0 Å². The van der Waals surface area contributed by atoms with Crippen molar-refractivity contribution in [2.75, 3.05) is 45.6 Å². The average molecular weight is 407 g/mol. The monoisotopic (exact) mass is 407 g/mol. The molecule has 0 amide bonds. The van der Waals surface area contributed by atoms with Crippen molar-refractivity contribution in [3.8, 4) is 17.7 Å². The maximum atomic E-state index is 12.8. The van der Waals surface area contributed by atoms with Gasteiger partial charge >= 0.3 is 0 Å². The minimum atomic E-state index is -3.61. The summed E-state index contributed by atoms with van der Waals surface area (Å²) in [6.45, 7) is 4.14. The number of aryl methyl sites for hydroxylation is 1. The lowest BCUT2D eigenvalue weighted by Crippen LogP contribution is -2.27. The average Bonchev–Trinajstić information content (AvgIpc) is 3.37. The fraction of sp³-hybridized carbons (Fsp3) is 0.556. The van der Waals surface area contributed by atoms with Crippen LogP contribution >= 0.6 is 0 Å². The van der Waals surface area contributed by atoms with E-state index >= 15 is 0 Å². The molecule has 2 aromatic rings. The van der Waals surface area contributed by atoms with Gasteiger partial charge in [-0.25, -0.2) is 8.42 Å². The first-order chi connectivity index (χ1) is 13.3. The lowest BCUT2D eigenvalue weighted by Gasteiger charge is -2.14. The molecule has 1 aliphatic rings. The van der Waals surface area contributed by atoms with Gasteiger partial charge in [-0.2, -0.15) is 14.6 Å². The molecule has 2 aromatic heterocycles. The third-order valence-corrected chi connectivity index (χ3v) is 6.57. The Kier molecular flexibility index (Phi) is 6.07. The predicted molar refractivity (Wildman–Crippen MR) is 103 cm³/mol. The van der Waals surface area contributed by atoms with Crippen LogP contribution in [0.3, 0.4) is 0 Å². The van der Waals surface area contributed by atoms with E-state index in [1.54, 1.807) is 6.92 Å². The van der Waals surface area contributed by atoms with E-state index in [2.05, 4.69) is 15.2 Å². The first kappa shape index (κ1) is 20.4. The molecule has 0 radical (unpaired) electrons. The molecule has 10 heteroatoms. The Balaban J connectivity index is 1.81. The summed E-state index contributed by atoms with van der Waals surface area (Å²) in [6.07, 6.45) is 2.58. The van der Waals surface area contributed by atoms with Crippen molar-refractivity contribution in [3.05, 3.63) is 17.5 Å². The van der Waals surface area contributed by atoms with Crippen molar-refractivity contribution in [3.63, 3.8) is 0 Å². The quantitative estimate of drug-likeness (QED) is 0.663. The molecule has 1 N–H and O–H groups in total. The number of oxazole rings is 1. The van der Waals surface area contributed by atoms with E-state index in [9.17, 15) is 13.7 Å². The van der Waals surface area contributed by atoms with Crippen molar-refractivity contribution >= 4 is 15.9 Å². The van der Waals surface area contributed by atoms with Crippen LogP contribution in [0.15, 0.2) is 19.8 Å². The highest BCUT2D eigenvalue weighted by molar-refractivity contribution is 7.89. The molecular weight excluding hydrogens is 382 g/mol. The summed E-state index contributed by atoms with van der Waals surface area (Å²) in [5.41, 5.74) is 0.109. The number of hydrogen-bond acceptors (Lipinski definition) is 8. The van der Waals surface area contributed by atoms with Crippen LogP contribution in [0.5, 0.6) is 0 Å². The van der Waals surface area contributed by atoms with Gasteiger partial charge in [0, 0.05) is 25.7 Å². The molecule has 1 aliphatic heterocycles. The zero-order valence-corrected chi connectivity index (χ0v) is 17.2. The van der Waals surface area contributed by atoms with Gasteiger partial charge in [0.05, 0.1) is 0 Å². The van der Waals surface area contributed by atoms with Gasteiger partial charge in [-0.05, 0) is 46.8 Å². The lowest BCUT2D eigenvalue weighted by atomic mass is 10.4. The van der Waals surface area contributed by atoms with Gasteiger partial charge in [0.1, 0.15) is 16.7 Å². The van der Waals surface area contributed by atoms with Crippen molar-refractivity contribution in [2.24, 2.45) is 0 Å². The highest BCUT2D eigenvalue weighted by Gasteiger charge is 2.32. The summed E-state index contributed by atoms with van der Waals surface area (Å²) < 4.78 is 38.3. The minimum absolute atomic E-state index is 0.0811. The highest BCUT2D eigenvalue weighted by atomic mass is 32.2. The summed E-state index contributed by atoms with van der Waals surface area (Å²) in [5, 5.41) is 12.4. The van der Waals surface area contributed by atoms with Crippen LogP contribution in [0, 0.1) is 18.3 Å². The van der Waals surface area contributed by atoms with Gasteiger partial charge in [-0.3, -0.25) is 0 Å². The van der Waals surface area contributed by atoms with Gasteiger partial charge in [0.25, 0.3) is 5.89 Å². The first-order valence-corrected chi connectivity index (χ1v) is 10.7. The number of nitriles is 1. The number of nitrogens with zero attached hydrogens (tertiary/aromatic N) is 4. The third-order valence-electron chi connectivity index (χ3n) is 4.57. The number of anilines is 1. The van der Waals surface area contributed by atoms with Crippen molar-refractivity contribution in [2.45, 2.75) is 31.1 Å². The van der Waals surface area contributed by atoms with E-state index in [-0.39, 0.29) is 33.9 Å². The molecule has 0 spiro atoms. The SMILES string of the molecule is Cc1oc(-c2nc(C#N)c(NCCCN(C)C)o2)cc1S(=O)(=O)N1CCCC1. The maximum absolute atomic E-state index is 12.8. The molecule has 3 rings (SSSR count). The second-order valence-corrected chi connectivity index (χ2v) is 8.94. The van der Waals surface area contributed by atoms with Gasteiger partial charge in [0.2, 0.25) is 21.6 Å². The molecule has 0 saturated carbocycles. The van der Waals surface area contributed by atoms with Crippen LogP contribution < -0.4 is 5.32 Å². The van der Waals surface area contributed by atoms with Crippen LogP contribution in [0.2, 0.25) is 0 Å². The van der Waals surface area contributed by atoms with Gasteiger partial charge < -0.3 is 19.1 Å². The number of aromatic nitrogens is 1.